The zero-order chi connectivity index (χ0) is 20.7. The topological polar surface area (TPSA) is 99.7 Å². The van der Waals surface area contributed by atoms with Gasteiger partial charge in [-0.1, -0.05) is 6.07 Å². The molecule has 146 valence electrons. The highest BCUT2D eigenvalue weighted by Crippen LogP contribution is 2.14. The maximum atomic E-state index is 12.1. The van der Waals surface area contributed by atoms with Crippen molar-refractivity contribution in [2.45, 2.75) is 34.1 Å². The summed E-state index contributed by atoms with van der Waals surface area (Å²) >= 11 is 0. The van der Waals surface area contributed by atoms with Gasteiger partial charge in [0.1, 0.15) is 0 Å². The van der Waals surface area contributed by atoms with Gasteiger partial charge < -0.3 is 10.6 Å². The largest absolute Gasteiger partial charge is 0.326 e. The van der Waals surface area contributed by atoms with E-state index in [9.17, 15) is 14.4 Å². The Hall–Kier alpha value is -3.48. The fourth-order valence-corrected chi connectivity index (χ4v) is 2.64. The van der Waals surface area contributed by atoms with Crippen molar-refractivity contribution < 1.29 is 14.4 Å². The average Bonchev–Trinajstić information content (AvgIpc) is 2.58. The first-order chi connectivity index (χ1) is 13.2. The van der Waals surface area contributed by atoms with E-state index in [-0.39, 0.29) is 18.2 Å². The molecule has 0 heterocycles. The molecule has 28 heavy (non-hydrogen) atoms. The molecular formula is C21H24N4O3. The fraction of sp³-hybridized carbons (Fsp3) is 0.238. The van der Waals surface area contributed by atoms with Gasteiger partial charge in [0.25, 0.3) is 5.91 Å². The molecule has 7 heteroatoms. The highest BCUT2D eigenvalue weighted by molar-refractivity contribution is 6.06. The average molecular weight is 380 g/mol. The van der Waals surface area contributed by atoms with Crippen LogP contribution in [0.4, 0.5) is 11.4 Å². The Bertz CT molecular complexity index is 897. The molecule has 0 aromatic heterocycles. The second-order valence-corrected chi connectivity index (χ2v) is 6.65. The summed E-state index contributed by atoms with van der Waals surface area (Å²) in [5, 5.41) is 9.43. The molecule has 2 aromatic carbocycles. The zero-order valence-electron chi connectivity index (χ0n) is 16.4. The lowest BCUT2D eigenvalue weighted by Gasteiger charge is -2.08. The number of nitrogens with zero attached hydrogens (tertiary/aromatic N) is 1. The smallest absolute Gasteiger partial charge is 0.271 e. The Morgan fingerprint density at radius 3 is 2.04 bits per heavy atom. The molecule has 0 aliphatic heterocycles. The third-order valence-electron chi connectivity index (χ3n) is 3.74. The molecule has 0 unspecified atom stereocenters. The molecular weight excluding hydrogens is 356 g/mol. The van der Waals surface area contributed by atoms with Gasteiger partial charge in [-0.05, 0) is 68.3 Å². The van der Waals surface area contributed by atoms with E-state index < -0.39 is 5.91 Å². The number of hydrogen-bond donors (Lipinski definition) is 3. The number of carbonyl (C=O) groups is 3. The third-order valence-corrected chi connectivity index (χ3v) is 3.74. The summed E-state index contributed by atoms with van der Waals surface area (Å²) in [6.07, 6.45) is 0.0642. The van der Waals surface area contributed by atoms with Crippen LogP contribution in [-0.2, 0) is 9.59 Å². The van der Waals surface area contributed by atoms with Crippen LogP contribution in [0.1, 0.15) is 41.8 Å². The molecule has 0 aliphatic carbocycles. The first kappa shape index (κ1) is 20.8. The lowest BCUT2D eigenvalue weighted by atomic mass is 10.1. The molecule has 0 radical (unpaired) electrons. The van der Waals surface area contributed by atoms with Crippen LogP contribution in [0.15, 0.2) is 47.6 Å². The van der Waals surface area contributed by atoms with Gasteiger partial charge in [-0.15, -0.1) is 0 Å². The standard InChI is InChI=1S/C21H24N4O3/c1-13-9-14(2)11-19(10-13)23-20(27)12-15(3)24-25-21(28)17-5-7-18(8-6-17)22-16(4)26/h5-11H,12H2,1-4H3,(H,22,26)(H,23,27)(H,25,28)/b24-15-. The summed E-state index contributed by atoms with van der Waals surface area (Å²) in [6.45, 7) is 7.01. The molecule has 2 aromatic rings. The van der Waals surface area contributed by atoms with Gasteiger partial charge in [-0.2, -0.15) is 5.10 Å². The van der Waals surface area contributed by atoms with Crippen LogP contribution in [0.25, 0.3) is 0 Å². The number of benzene rings is 2. The SMILES string of the molecule is CC(=O)Nc1ccc(C(=O)N/N=C(/C)CC(=O)Nc2cc(C)cc(C)c2)cc1. The summed E-state index contributed by atoms with van der Waals surface area (Å²) in [7, 11) is 0. The van der Waals surface area contributed by atoms with E-state index in [0.717, 1.165) is 16.8 Å². The van der Waals surface area contributed by atoms with Crippen LogP contribution < -0.4 is 16.1 Å². The van der Waals surface area contributed by atoms with Crippen LogP contribution in [0, 0.1) is 13.8 Å². The van der Waals surface area contributed by atoms with E-state index >= 15 is 0 Å². The molecule has 3 N–H and O–H groups in total. The predicted octanol–water partition coefficient (Wildman–Crippen LogP) is 3.40. The number of hydrogen-bond acceptors (Lipinski definition) is 4. The van der Waals surface area contributed by atoms with Gasteiger partial charge in [-0.25, -0.2) is 5.43 Å². The summed E-state index contributed by atoms with van der Waals surface area (Å²) in [6, 6.07) is 12.2. The molecule has 0 spiro atoms. The Kier molecular flexibility index (Phi) is 7.03. The van der Waals surface area contributed by atoms with Gasteiger partial charge in [-0.3, -0.25) is 14.4 Å². The second-order valence-electron chi connectivity index (χ2n) is 6.65. The van der Waals surface area contributed by atoms with E-state index in [1.54, 1.807) is 31.2 Å². The Morgan fingerprint density at radius 2 is 1.46 bits per heavy atom. The van der Waals surface area contributed by atoms with Crippen molar-refractivity contribution in [3.63, 3.8) is 0 Å². The van der Waals surface area contributed by atoms with E-state index in [1.807, 2.05) is 32.0 Å². The molecule has 7 nitrogen and oxygen atoms in total. The quantitative estimate of drug-likeness (QED) is 0.529. The number of nitrogens with one attached hydrogen (secondary N) is 3. The van der Waals surface area contributed by atoms with Crippen molar-refractivity contribution in [3.05, 3.63) is 59.2 Å². The van der Waals surface area contributed by atoms with Crippen molar-refractivity contribution >= 4 is 34.8 Å². The molecule has 0 saturated heterocycles. The Balaban J connectivity index is 1.89. The van der Waals surface area contributed by atoms with Crippen LogP contribution in [0.3, 0.4) is 0 Å². The predicted molar refractivity (Wildman–Crippen MR) is 110 cm³/mol. The number of anilines is 2. The minimum Gasteiger partial charge on any atom is -0.326 e. The van der Waals surface area contributed by atoms with E-state index in [0.29, 0.717) is 17.0 Å². The lowest BCUT2D eigenvalue weighted by molar-refractivity contribution is -0.115. The fourth-order valence-electron chi connectivity index (χ4n) is 2.64. The van der Waals surface area contributed by atoms with Gasteiger partial charge in [0.05, 0.1) is 6.42 Å². The second kappa shape index (κ2) is 9.45. The van der Waals surface area contributed by atoms with Crippen LogP contribution in [0.5, 0.6) is 0 Å². The number of rotatable bonds is 6. The molecule has 0 saturated carbocycles. The summed E-state index contributed by atoms with van der Waals surface area (Å²) in [5.41, 5.74) is 6.77. The molecule has 0 aliphatic rings. The van der Waals surface area contributed by atoms with Gasteiger partial charge in [0, 0.05) is 29.6 Å². The third kappa shape index (κ3) is 6.68. The number of amides is 3. The molecule has 0 atom stereocenters. The van der Waals surface area contributed by atoms with Gasteiger partial charge in [0.2, 0.25) is 11.8 Å². The minimum absolute atomic E-state index is 0.0642. The van der Waals surface area contributed by atoms with Crippen LogP contribution in [-0.4, -0.2) is 23.4 Å². The maximum Gasteiger partial charge on any atom is 0.271 e. The number of aryl methyl sites for hydroxylation is 2. The van der Waals surface area contributed by atoms with Crippen LogP contribution >= 0.6 is 0 Å². The molecule has 2 rings (SSSR count). The maximum absolute atomic E-state index is 12.1. The zero-order valence-corrected chi connectivity index (χ0v) is 16.4. The molecule has 3 amide bonds. The summed E-state index contributed by atoms with van der Waals surface area (Å²) in [5.74, 6) is -0.792. The number of hydrazone groups is 1. The lowest BCUT2D eigenvalue weighted by Crippen LogP contribution is -2.21. The monoisotopic (exact) mass is 380 g/mol. The first-order valence-electron chi connectivity index (χ1n) is 8.82. The molecule has 0 bridgehead atoms. The highest BCUT2D eigenvalue weighted by atomic mass is 16.2. The summed E-state index contributed by atoms with van der Waals surface area (Å²) < 4.78 is 0. The van der Waals surface area contributed by atoms with Gasteiger partial charge in [0.15, 0.2) is 0 Å². The normalized spacial score (nSPS) is 10.9. The Labute approximate surface area is 164 Å². The summed E-state index contributed by atoms with van der Waals surface area (Å²) in [4.78, 5) is 35.3. The van der Waals surface area contributed by atoms with Crippen LogP contribution in [0.2, 0.25) is 0 Å². The Morgan fingerprint density at radius 1 is 0.857 bits per heavy atom. The van der Waals surface area contributed by atoms with E-state index in [2.05, 4.69) is 21.2 Å². The number of carbonyl (C=O) groups excluding carboxylic acids is 3. The molecule has 0 fully saturated rings. The van der Waals surface area contributed by atoms with Crippen molar-refractivity contribution in [1.82, 2.24) is 5.43 Å². The first-order valence-corrected chi connectivity index (χ1v) is 8.82. The van der Waals surface area contributed by atoms with E-state index in [1.165, 1.54) is 6.92 Å². The minimum atomic E-state index is -0.400. The highest BCUT2D eigenvalue weighted by Gasteiger charge is 2.08. The van der Waals surface area contributed by atoms with Crippen molar-refractivity contribution in [1.29, 1.82) is 0 Å². The van der Waals surface area contributed by atoms with Gasteiger partial charge >= 0.3 is 0 Å². The van der Waals surface area contributed by atoms with Crippen molar-refractivity contribution in [3.8, 4) is 0 Å². The van der Waals surface area contributed by atoms with E-state index in [4.69, 9.17) is 0 Å². The van der Waals surface area contributed by atoms with Crippen molar-refractivity contribution in [2.75, 3.05) is 10.6 Å². The van der Waals surface area contributed by atoms with Crippen molar-refractivity contribution in [2.24, 2.45) is 5.10 Å².